The van der Waals surface area contributed by atoms with Gasteiger partial charge in [-0.1, -0.05) is 6.07 Å². The van der Waals surface area contributed by atoms with E-state index in [0.29, 0.717) is 30.2 Å². The average Bonchev–Trinajstić information content (AvgIpc) is 3.06. The lowest BCUT2D eigenvalue weighted by Gasteiger charge is -2.35. The molecule has 1 fully saturated rings. The number of ether oxygens (including phenoxy) is 2. The molecule has 1 aromatic carbocycles. The van der Waals surface area contributed by atoms with E-state index >= 15 is 0 Å². The van der Waals surface area contributed by atoms with Crippen molar-refractivity contribution in [1.29, 1.82) is 0 Å². The lowest BCUT2D eigenvalue weighted by Crippen LogP contribution is -2.49. The van der Waals surface area contributed by atoms with E-state index < -0.39 is 0 Å². The van der Waals surface area contributed by atoms with Gasteiger partial charge in [0.2, 0.25) is 5.95 Å². The molecule has 128 valence electrons. The number of carbonyl (C=O) groups is 1. The molecule has 1 aliphatic heterocycles. The minimum Gasteiger partial charge on any atom is -0.496 e. The van der Waals surface area contributed by atoms with Gasteiger partial charge in [0.25, 0.3) is 5.91 Å². The van der Waals surface area contributed by atoms with Crippen LogP contribution in [0.1, 0.15) is 10.4 Å². The maximum atomic E-state index is 12.9. The second-order valence-electron chi connectivity index (χ2n) is 5.65. The van der Waals surface area contributed by atoms with Crippen LogP contribution in [0.4, 0.5) is 5.95 Å². The van der Waals surface area contributed by atoms with Crippen LogP contribution in [-0.4, -0.2) is 60.8 Å². The SMILES string of the molecule is COc1cccc(OC)c1C(=O)N1CCN(c2nccn2C)CC1. The number of imidazole rings is 1. The second-order valence-corrected chi connectivity index (χ2v) is 5.65. The summed E-state index contributed by atoms with van der Waals surface area (Å²) in [4.78, 5) is 21.3. The molecule has 0 saturated carbocycles. The highest BCUT2D eigenvalue weighted by atomic mass is 16.5. The van der Waals surface area contributed by atoms with Gasteiger partial charge in [-0.15, -0.1) is 0 Å². The molecule has 24 heavy (non-hydrogen) atoms. The van der Waals surface area contributed by atoms with E-state index in [0.717, 1.165) is 19.0 Å². The van der Waals surface area contributed by atoms with E-state index in [1.54, 1.807) is 32.5 Å². The van der Waals surface area contributed by atoms with E-state index in [-0.39, 0.29) is 5.91 Å². The summed E-state index contributed by atoms with van der Waals surface area (Å²) in [7, 11) is 5.09. The predicted molar refractivity (Wildman–Crippen MR) is 90.9 cm³/mol. The van der Waals surface area contributed by atoms with Gasteiger partial charge in [0.05, 0.1) is 14.2 Å². The quantitative estimate of drug-likeness (QED) is 0.848. The molecule has 0 atom stereocenters. The van der Waals surface area contributed by atoms with Gasteiger partial charge in [0.1, 0.15) is 17.1 Å². The molecule has 7 nitrogen and oxygen atoms in total. The Morgan fingerprint density at radius 3 is 2.21 bits per heavy atom. The van der Waals surface area contributed by atoms with Crippen molar-refractivity contribution in [3.05, 3.63) is 36.2 Å². The van der Waals surface area contributed by atoms with Crippen LogP contribution in [0.25, 0.3) is 0 Å². The number of carbonyl (C=O) groups excluding carboxylic acids is 1. The molecule has 0 unspecified atom stereocenters. The van der Waals surface area contributed by atoms with Crippen molar-refractivity contribution >= 4 is 11.9 Å². The van der Waals surface area contributed by atoms with Gasteiger partial charge in [0.15, 0.2) is 0 Å². The fourth-order valence-corrected chi connectivity index (χ4v) is 2.99. The van der Waals surface area contributed by atoms with Gasteiger partial charge in [-0.2, -0.15) is 0 Å². The number of benzene rings is 1. The highest BCUT2D eigenvalue weighted by molar-refractivity contribution is 5.99. The molecule has 1 amide bonds. The highest BCUT2D eigenvalue weighted by Gasteiger charge is 2.27. The van der Waals surface area contributed by atoms with Crippen molar-refractivity contribution < 1.29 is 14.3 Å². The number of anilines is 1. The first-order valence-corrected chi connectivity index (χ1v) is 7.88. The number of piperazine rings is 1. The summed E-state index contributed by atoms with van der Waals surface area (Å²) in [5, 5.41) is 0. The van der Waals surface area contributed by atoms with Crippen LogP contribution < -0.4 is 14.4 Å². The van der Waals surface area contributed by atoms with Crippen molar-refractivity contribution in [2.24, 2.45) is 7.05 Å². The zero-order chi connectivity index (χ0) is 17.1. The summed E-state index contributed by atoms with van der Waals surface area (Å²) in [5.41, 5.74) is 0.480. The molecule has 1 saturated heterocycles. The zero-order valence-corrected chi connectivity index (χ0v) is 14.2. The third kappa shape index (κ3) is 2.89. The average molecular weight is 330 g/mol. The zero-order valence-electron chi connectivity index (χ0n) is 14.2. The molecule has 0 aliphatic carbocycles. The molecule has 2 aromatic rings. The Hall–Kier alpha value is -2.70. The van der Waals surface area contributed by atoms with E-state index in [1.165, 1.54) is 0 Å². The number of amides is 1. The molecular formula is C17H22N4O3. The minimum absolute atomic E-state index is 0.0659. The molecule has 3 rings (SSSR count). The number of aryl methyl sites for hydroxylation is 1. The Kier molecular flexibility index (Phi) is 4.59. The first-order chi connectivity index (χ1) is 11.7. The van der Waals surface area contributed by atoms with Crippen molar-refractivity contribution in [2.75, 3.05) is 45.3 Å². The monoisotopic (exact) mass is 330 g/mol. The van der Waals surface area contributed by atoms with Gasteiger partial charge in [-0.3, -0.25) is 4.79 Å². The molecule has 7 heteroatoms. The Labute approximate surface area is 141 Å². The summed E-state index contributed by atoms with van der Waals surface area (Å²) >= 11 is 0. The minimum atomic E-state index is -0.0659. The summed E-state index contributed by atoms with van der Waals surface area (Å²) in [6.07, 6.45) is 3.71. The summed E-state index contributed by atoms with van der Waals surface area (Å²) in [5.74, 6) is 1.93. The van der Waals surface area contributed by atoms with Gasteiger partial charge in [-0.25, -0.2) is 4.98 Å². The number of hydrogen-bond acceptors (Lipinski definition) is 5. The standard InChI is InChI=1S/C17H22N4O3/c1-19-8-7-18-17(19)21-11-9-20(10-12-21)16(22)15-13(23-2)5-4-6-14(15)24-3/h4-8H,9-12H2,1-3H3. The third-order valence-corrected chi connectivity index (χ3v) is 4.29. The van der Waals surface area contributed by atoms with E-state index in [1.807, 2.05) is 28.8 Å². The topological polar surface area (TPSA) is 59.8 Å². The molecular weight excluding hydrogens is 308 g/mol. The number of nitrogens with zero attached hydrogens (tertiary/aromatic N) is 4. The van der Waals surface area contributed by atoms with Gasteiger partial charge < -0.3 is 23.8 Å². The predicted octanol–water partition coefficient (Wildman–Crippen LogP) is 1.40. The van der Waals surface area contributed by atoms with Crippen LogP contribution in [-0.2, 0) is 7.05 Å². The molecule has 2 heterocycles. The Bertz CT molecular complexity index is 698. The first-order valence-electron chi connectivity index (χ1n) is 7.88. The molecule has 1 aliphatic rings. The number of rotatable bonds is 4. The molecule has 1 aromatic heterocycles. The van der Waals surface area contributed by atoms with Gasteiger partial charge in [0, 0.05) is 45.6 Å². The van der Waals surface area contributed by atoms with E-state index in [2.05, 4.69) is 9.88 Å². The van der Waals surface area contributed by atoms with Crippen molar-refractivity contribution in [2.45, 2.75) is 0 Å². The summed E-state index contributed by atoms with van der Waals surface area (Å²) in [6, 6.07) is 5.37. The molecule has 0 radical (unpaired) electrons. The number of hydrogen-bond donors (Lipinski definition) is 0. The van der Waals surface area contributed by atoms with Crippen LogP contribution in [0.15, 0.2) is 30.6 Å². The fourth-order valence-electron chi connectivity index (χ4n) is 2.99. The third-order valence-electron chi connectivity index (χ3n) is 4.29. The highest BCUT2D eigenvalue weighted by Crippen LogP contribution is 2.30. The molecule has 0 bridgehead atoms. The summed E-state index contributed by atoms with van der Waals surface area (Å²) in [6.45, 7) is 2.75. The van der Waals surface area contributed by atoms with E-state index in [9.17, 15) is 4.79 Å². The van der Waals surface area contributed by atoms with Gasteiger partial charge >= 0.3 is 0 Å². The van der Waals surface area contributed by atoms with Crippen LogP contribution >= 0.6 is 0 Å². The first kappa shape index (κ1) is 16.2. The van der Waals surface area contributed by atoms with Crippen LogP contribution in [0.2, 0.25) is 0 Å². The van der Waals surface area contributed by atoms with Crippen LogP contribution in [0.3, 0.4) is 0 Å². The molecule has 0 N–H and O–H groups in total. The van der Waals surface area contributed by atoms with Crippen molar-refractivity contribution in [3.8, 4) is 11.5 Å². The van der Waals surface area contributed by atoms with E-state index in [4.69, 9.17) is 9.47 Å². The smallest absolute Gasteiger partial charge is 0.261 e. The maximum absolute atomic E-state index is 12.9. The summed E-state index contributed by atoms with van der Waals surface area (Å²) < 4.78 is 12.7. The fraction of sp³-hybridized carbons (Fsp3) is 0.412. The second kappa shape index (κ2) is 6.82. The lowest BCUT2D eigenvalue weighted by molar-refractivity contribution is 0.0739. The normalized spacial score (nSPS) is 14.6. The Morgan fingerprint density at radius 1 is 1.08 bits per heavy atom. The lowest BCUT2D eigenvalue weighted by atomic mass is 10.1. The number of methoxy groups -OCH3 is 2. The number of aromatic nitrogens is 2. The van der Waals surface area contributed by atoms with Gasteiger partial charge in [-0.05, 0) is 12.1 Å². The van der Waals surface area contributed by atoms with Crippen molar-refractivity contribution in [3.63, 3.8) is 0 Å². The Balaban J connectivity index is 1.75. The van der Waals surface area contributed by atoms with Crippen LogP contribution in [0.5, 0.6) is 11.5 Å². The van der Waals surface area contributed by atoms with Crippen molar-refractivity contribution in [1.82, 2.24) is 14.5 Å². The Morgan fingerprint density at radius 2 is 1.71 bits per heavy atom. The van der Waals surface area contributed by atoms with Crippen LogP contribution in [0, 0.1) is 0 Å². The molecule has 0 spiro atoms. The maximum Gasteiger partial charge on any atom is 0.261 e. The largest absolute Gasteiger partial charge is 0.496 e.